The highest BCUT2D eigenvalue weighted by Gasteiger charge is 2.06. The van der Waals surface area contributed by atoms with E-state index in [1.807, 2.05) is 36.4 Å². The van der Waals surface area contributed by atoms with Crippen LogP contribution in [0, 0.1) is 0 Å². The molecule has 0 spiro atoms. The Bertz CT molecular complexity index is 795. The largest absolute Gasteiger partial charge is 0.471 e. The first-order chi connectivity index (χ1) is 10.8. The number of carbonyl (C=O) groups excluding carboxylic acids is 1. The van der Waals surface area contributed by atoms with Crippen molar-refractivity contribution in [2.45, 2.75) is 6.61 Å². The Morgan fingerprint density at radius 2 is 1.86 bits per heavy atom. The summed E-state index contributed by atoms with van der Waals surface area (Å²) < 4.78 is 10.4. The molecular weight excluding hydrogens is 280 g/mol. The number of benzene rings is 2. The molecule has 0 aliphatic heterocycles. The summed E-state index contributed by atoms with van der Waals surface area (Å²) in [5.41, 5.74) is 1.44. The van der Waals surface area contributed by atoms with Crippen molar-refractivity contribution in [2.24, 2.45) is 0 Å². The molecule has 0 bridgehead atoms. The average Bonchev–Trinajstić information content (AvgIpc) is 2.59. The second-order valence-corrected chi connectivity index (χ2v) is 4.71. The topological polar surface area (TPSA) is 61.3 Å². The molecule has 5 nitrogen and oxygen atoms in total. The summed E-state index contributed by atoms with van der Waals surface area (Å²) in [5, 5.41) is 9.87. The fraction of sp³-hybridized carbons (Fsp3) is 0.118. The predicted octanol–water partition coefficient (Wildman–Crippen LogP) is 3.00. The van der Waals surface area contributed by atoms with Crippen molar-refractivity contribution < 1.29 is 14.3 Å². The van der Waals surface area contributed by atoms with Crippen LogP contribution in [-0.4, -0.2) is 23.3 Å². The van der Waals surface area contributed by atoms with Gasteiger partial charge in [-0.25, -0.2) is 4.79 Å². The highest BCUT2D eigenvalue weighted by atomic mass is 16.5. The summed E-state index contributed by atoms with van der Waals surface area (Å²) in [5.74, 6) is 0.141. The number of carbonyl (C=O) groups is 1. The maximum absolute atomic E-state index is 11.4. The zero-order chi connectivity index (χ0) is 15.4. The van der Waals surface area contributed by atoms with Crippen molar-refractivity contribution in [3.05, 3.63) is 65.9 Å². The van der Waals surface area contributed by atoms with Gasteiger partial charge in [0.05, 0.1) is 18.9 Å². The molecule has 22 heavy (non-hydrogen) atoms. The van der Waals surface area contributed by atoms with Gasteiger partial charge in [0.15, 0.2) is 0 Å². The van der Waals surface area contributed by atoms with Crippen molar-refractivity contribution >= 4 is 16.7 Å². The van der Waals surface area contributed by atoms with Crippen molar-refractivity contribution in [2.75, 3.05) is 7.11 Å². The molecule has 5 heteroatoms. The zero-order valence-corrected chi connectivity index (χ0v) is 12.0. The van der Waals surface area contributed by atoms with Crippen LogP contribution in [0.1, 0.15) is 15.9 Å². The standard InChI is InChI=1S/C17H14N2O3/c1-21-17(20)13-8-6-12(7-9-13)11-22-16-15-5-3-2-4-14(15)10-18-19-16/h2-10H,11H2,1H3. The van der Waals surface area contributed by atoms with Crippen molar-refractivity contribution in [1.82, 2.24) is 10.2 Å². The molecule has 0 radical (unpaired) electrons. The number of rotatable bonds is 4. The minimum absolute atomic E-state index is 0.351. The molecule has 1 aromatic heterocycles. The Kier molecular flexibility index (Phi) is 3.96. The lowest BCUT2D eigenvalue weighted by atomic mass is 10.1. The van der Waals surface area contributed by atoms with Gasteiger partial charge in [-0.05, 0) is 23.8 Å². The van der Waals surface area contributed by atoms with E-state index >= 15 is 0 Å². The minimum Gasteiger partial charge on any atom is -0.471 e. The quantitative estimate of drug-likeness (QED) is 0.692. The van der Waals surface area contributed by atoms with E-state index in [0.717, 1.165) is 16.3 Å². The fourth-order valence-corrected chi connectivity index (χ4v) is 2.11. The molecule has 0 saturated carbocycles. The van der Waals surface area contributed by atoms with Crippen molar-refractivity contribution in [1.29, 1.82) is 0 Å². The second kappa shape index (κ2) is 6.22. The van der Waals surface area contributed by atoms with E-state index in [1.54, 1.807) is 18.3 Å². The monoisotopic (exact) mass is 294 g/mol. The summed E-state index contributed by atoms with van der Waals surface area (Å²) in [4.78, 5) is 11.4. The molecule has 0 aliphatic rings. The van der Waals surface area contributed by atoms with Gasteiger partial charge in [-0.1, -0.05) is 30.3 Å². The van der Waals surface area contributed by atoms with Gasteiger partial charge in [-0.2, -0.15) is 5.10 Å². The highest BCUT2D eigenvalue weighted by Crippen LogP contribution is 2.22. The van der Waals surface area contributed by atoms with Crippen LogP contribution in [0.3, 0.4) is 0 Å². The Hall–Kier alpha value is -2.95. The lowest BCUT2D eigenvalue weighted by Crippen LogP contribution is -2.02. The smallest absolute Gasteiger partial charge is 0.337 e. The van der Waals surface area contributed by atoms with Crippen LogP contribution in [0.2, 0.25) is 0 Å². The van der Waals surface area contributed by atoms with E-state index in [9.17, 15) is 4.79 Å². The van der Waals surface area contributed by atoms with E-state index in [4.69, 9.17) is 4.74 Å². The molecule has 2 aromatic carbocycles. The van der Waals surface area contributed by atoms with E-state index in [0.29, 0.717) is 18.1 Å². The van der Waals surface area contributed by atoms with Crippen LogP contribution in [0.25, 0.3) is 10.8 Å². The number of methoxy groups -OCH3 is 1. The number of esters is 1. The van der Waals surface area contributed by atoms with Gasteiger partial charge in [0.1, 0.15) is 6.61 Å². The minimum atomic E-state index is -0.354. The Labute approximate surface area is 127 Å². The molecule has 0 N–H and O–H groups in total. The van der Waals surface area contributed by atoms with E-state index in [-0.39, 0.29) is 5.97 Å². The molecule has 0 saturated heterocycles. The lowest BCUT2D eigenvalue weighted by molar-refractivity contribution is 0.0600. The number of fused-ring (bicyclic) bond motifs is 1. The summed E-state index contributed by atoms with van der Waals surface area (Å²) >= 11 is 0. The number of nitrogens with zero attached hydrogens (tertiary/aromatic N) is 2. The molecule has 110 valence electrons. The molecular formula is C17H14N2O3. The number of ether oxygens (including phenoxy) is 2. The summed E-state index contributed by atoms with van der Waals surface area (Å²) in [6.45, 7) is 0.351. The average molecular weight is 294 g/mol. The molecule has 1 heterocycles. The van der Waals surface area contributed by atoms with Crippen LogP contribution in [0.5, 0.6) is 5.88 Å². The summed E-state index contributed by atoms with van der Waals surface area (Å²) in [6, 6.07) is 14.8. The molecule has 3 aromatic rings. The van der Waals surface area contributed by atoms with Crippen LogP contribution in [0.15, 0.2) is 54.7 Å². The molecule has 3 rings (SSSR count). The Morgan fingerprint density at radius 1 is 1.09 bits per heavy atom. The maximum Gasteiger partial charge on any atom is 0.337 e. The predicted molar refractivity (Wildman–Crippen MR) is 81.7 cm³/mol. The highest BCUT2D eigenvalue weighted by molar-refractivity contribution is 5.89. The van der Waals surface area contributed by atoms with E-state index < -0.39 is 0 Å². The van der Waals surface area contributed by atoms with Gasteiger partial charge in [0, 0.05) is 10.8 Å². The zero-order valence-electron chi connectivity index (χ0n) is 12.0. The normalized spacial score (nSPS) is 10.4. The maximum atomic E-state index is 11.4. The first-order valence-corrected chi connectivity index (χ1v) is 6.78. The fourth-order valence-electron chi connectivity index (χ4n) is 2.11. The van der Waals surface area contributed by atoms with Crippen molar-refractivity contribution in [3.8, 4) is 5.88 Å². The molecule has 0 unspecified atom stereocenters. The third-order valence-corrected chi connectivity index (χ3v) is 3.29. The van der Waals surface area contributed by atoms with Crippen LogP contribution >= 0.6 is 0 Å². The molecule has 0 atom stereocenters. The SMILES string of the molecule is COC(=O)c1ccc(COc2nncc3ccccc23)cc1. The van der Waals surface area contributed by atoms with Crippen LogP contribution in [-0.2, 0) is 11.3 Å². The van der Waals surface area contributed by atoms with Gasteiger partial charge < -0.3 is 9.47 Å². The third kappa shape index (κ3) is 2.88. The van der Waals surface area contributed by atoms with E-state index in [1.165, 1.54) is 7.11 Å². The number of aromatic nitrogens is 2. The van der Waals surface area contributed by atoms with Crippen molar-refractivity contribution in [3.63, 3.8) is 0 Å². The Morgan fingerprint density at radius 3 is 2.64 bits per heavy atom. The first kappa shape index (κ1) is 14.0. The molecule has 0 aliphatic carbocycles. The van der Waals surface area contributed by atoms with Gasteiger partial charge in [0.2, 0.25) is 5.88 Å². The van der Waals surface area contributed by atoms with Gasteiger partial charge in [-0.3, -0.25) is 0 Å². The summed E-state index contributed by atoms with van der Waals surface area (Å²) in [6.07, 6.45) is 1.70. The second-order valence-electron chi connectivity index (χ2n) is 4.71. The molecule has 0 amide bonds. The third-order valence-electron chi connectivity index (χ3n) is 3.29. The first-order valence-electron chi connectivity index (χ1n) is 6.78. The number of hydrogen-bond donors (Lipinski definition) is 0. The summed E-state index contributed by atoms with van der Waals surface area (Å²) in [7, 11) is 1.36. The van der Waals surface area contributed by atoms with Crippen LogP contribution < -0.4 is 4.74 Å². The van der Waals surface area contributed by atoms with Gasteiger partial charge >= 0.3 is 5.97 Å². The Balaban J connectivity index is 1.75. The van der Waals surface area contributed by atoms with E-state index in [2.05, 4.69) is 14.9 Å². The van der Waals surface area contributed by atoms with Gasteiger partial charge in [0.25, 0.3) is 0 Å². The van der Waals surface area contributed by atoms with Gasteiger partial charge in [-0.15, -0.1) is 5.10 Å². The van der Waals surface area contributed by atoms with Crippen LogP contribution in [0.4, 0.5) is 0 Å². The number of hydrogen-bond acceptors (Lipinski definition) is 5. The lowest BCUT2D eigenvalue weighted by Gasteiger charge is -2.07. The molecule has 0 fully saturated rings.